The lowest BCUT2D eigenvalue weighted by molar-refractivity contribution is -0.177. The van der Waals surface area contributed by atoms with E-state index in [2.05, 4.69) is 76.0 Å². The Morgan fingerprint density at radius 2 is 1.41 bits per heavy atom. The van der Waals surface area contributed by atoms with Crippen LogP contribution in [0, 0.1) is 0 Å². The number of unbranched alkanes of at least 4 members (excludes halogenated alkanes) is 4. The SMILES string of the molecule is CCCCCC1(CCCCC)OC2(CC(C)(C)NC(C)(C)C2)C(=O)N1Cc1ccccc1. The van der Waals surface area contributed by atoms with Gasteiger partial charge in [0.2, 0.25) is 0 Å². The molecule has 0 saturated carbocycles. The van der Waals surface area contributed by atoms with Crippen molar-refractivity contribution in [2.45, 2.75) is 135 Å². The summed E-state index contributed by atoms with van der Waals surface area (Å²) in [5.41, 5.74) is -0.367. The zero-order valence-electron chi connectivity index (χ0n) is 21.4. The fourth-order valence-electron chi connectivity index (χ4n) is 6.39. The van der Waals surface area contributed by atoms with Gasteiger partial charge in [-0.05, 0) is 58.9 Å². The number of hydrogen-bond donors (Lipinski definition) is 1. The molecule has 4 heteroatoms. The van der Waals surface area contributed by atoms with Crippen molar-refractivity contribution in [3.63, 3.8) is 0 Å². The van der Waals surface area contributed by atoms with Crippen molar-refractivity contribution in [2.75, 3.05) is 0 Å². The first-order chi connectivity index (χ1) is 15.1. The fraction of sp³-hybridized carbons (Fsp3) is 0.750. The number of hydrogen-bond acceptors (Lipinski definition) is 3. The second-order valence-electron chi connectivity index (χ2n) is 11.6. The second-order valence-corrected chi connectivity index (χ2v) is 11.6. The Balaban J connectivity index is 2.02. The van der Waals surface area contributed by atoms with Crippen molar-refractivity contribution in [1.29, 1.82) is 0 Å². The highest BCUT2D eigenvalue weighted by Gasteiger charge is 2.64. The molecule has 0 atom stereocenters. The summed E-state index contributed by atoms with van der Waals surface area (Å²) in [5.74, 6) is 0.206. The number of rotatable bonds is 10. The summed E-state index contributed by atoms with van der Waals surface area (Å²) >= 11 is 0. The number of nitrogens with zero attached hydrogens (tertiary/aromatic N) is 1. The molecule has 0 aliphatic carbocycles. The number of piperidine rings is 1. The molecule has 180 valence electrons. The second kappa shape index (κ2) is 9.85. The van der Waals surface area contributed by atoms with Gasteiger partial charge in [-0.15, -0.1) is 0 Å². The van der Waals surface area contributed by atoms with Crippen molar-refractivity contribution in [3.05, 3.63) is 35.9 Å². The average molecular weight is 443 g/mol. The molecule has 1 aromatic carbocycles. The van der Waals surface area contributed by atoms with Gasteiger partial charge >= 0.3 is 0 Å². The van der Waals surface area contributed by atoms with Gasteiger partial charge in [0.15, 0.2) is 5.60 Å². The highest BCUT2D eigenvalue weighted by molar-refractivity contribution is 5.88. The van der Waals surface area contributed by atoms with Crippen molar-refractivity contribution < 1.29 is 9.53 Å². The Hall–Kier alpha value is -1.39. The van der Waals surface area contributed by atoms with Crippen molar-refractivity contribution in [1.82, 2.24) is 10.2 Å². The summed E-state index contributed by atoms with van der Waals surface area (Å²) < 4.78 is 7.18. The first-order valence-corrected chi connectivity index (χ1v) is 12.9. The molecule has 2 saturated heterocycles. The summed E-state index contributed by atoms with van der Waals surface area (Å²) in [7, 11) is 0. The Labute approximate surface area is 196 Å². The van der Waals surface area contributed by atoms with Crippen molar-refractivity contribution in [2.24, 2.45) is 0 Å². The molecular weight excluding hydrogens is 396 g/mol. The van der Waals surface area contributed by atoms with Gasteiger partial charge in [-0.3, -0.25) is 4.79 Å². The molecule has 2 aliphatic rings. The minimum Gasteiger partial charge on any atom is -0.339 e. The van der Waals surface area contributed by atoms with Crippen LogP contribution in [0.15, 0.2) is 30.3 Å². The van der Waals surface area contributed by atoms with E-state index < -0.39 is 11.3 Å². The quantitative estimate of drug-likeness (QED) is 0.416. The Morgan fingerprint density at radius 1 is 0.875 bits per heavy atom. The molecule has 4 nitrogen and oxygen atoms in total. The third kappa shape index (κ3) is 5.56. The minimum atomic E-state index is -0.745. The molecule has 1 amide bonds. The Kier molecular flexibility index (Phi) is 7.77. The van der Waals surface area contributed by atoms with Crippen LogP contribution < -0.4 is 5.32 Å². The first-order valence-electron chi connectivity index (χ1n) is 12.9. The summed E-state index contributed by atoms with van der Waals surface area (Å²) in [6.45, 7) is 14.0. The number of amides is 1. The van der Waals surface area contributed by atoms with Crippen LogP contribution in [-0.4, -0.2) is 33.2 Å². The summed E-state index contributed by atoms with van der Waals surface area (Å²) in [6.07, 6.45) is 10.2. The molecule has 1 N–H and O–H groups in total. The lowest BCUT2D eigenvalue weighted by atomic mass is 9.72. The third-order valence-corrected chi connectivity index (χ3v) is 7.17. The summed E-state index contributed by atoms with van der Waals surface area (Å²) in [6, 6.07) is 10.5. The molecular formula is C28H46N2O2. The predicted molar refractivity (Wildman–Crippen MR) is 132 cm³/mol. The molecule has 0 aromatic heterocycles. The van der Waals surface area contributed by atoms with Gasteiger partial charge in [0, 0.05) is 30.5 Å². The lowest BCUT2D eigenvalue weighted by Crippen LogP contribution is -2.65. The standard InChI is InChI=1S/C28H46N2O2/c1-7-9-14-18-28(19-15-10-8-2)30(20-23-16-12-11-13-17-23)24(31)27(32-28)21-25(3,4)29-26(5,6)22-27/h11-13,16-17,29H,7-10,14-15,18-22H2,1-6H3. The van der Waals surface area contributed by atoms with Gasteiger partial charge in [0.1, 0.15) is 5.72 Å². The van der Waals surface area contributed by atoms with Crippen LogP contribution >= 0.6 is 0 Å². The number of carbonyl (C=O) groups excluding carboxylic acids is 1. The van der Waals surface area contributed by atoms with Gasteiger partial charge < -0.3 is 15.0 Å². The maximum atomic E-state index is 14.3. The maximum Gasteiger partial charge on any atom is 0.257 e. The van der Waals surface area contributed by atoms with Gasteiger partial charge in [-0.25, -0.2) is 0 Å². The number of ether oxygens (including phenoxy) is 1. The molecule has 1 aromatic rings. The van der Waals surface area contributed by atoms with E-state index in [0.717, 1.165) is 38.5 Å². The van der Waals surface area contributed by atoms with Crippen LogP contribution in [0.1, 0.15) is 111 Å². The normalized spacial score (nSPS) is 23.1. The van der Waals surface area contributed by atoms with Crippen molar-refractivity contribution in [3.8, 4) is 0 Å². The largest absolute Gasteiger partial charge is 0.339 e. The summed E-state index contributed by atoms with van der Waals surface area (Å²) in [4.78, 5) is 16.5. The van der Waals surface area contributed by atoms with Crippen LogP contribution in [0.5, 0.6) is 0 Å². The average Bonchev–Trinajstić information content (AvgIpc) is 2.89. The van der Waals surface area contributed by atoms with Gasteiger partial charge in [-0.1, -0.05) is 69.9 Å². The molecule has 0 bridgehead atoms. The van der Waals surface area contributed by atoms with Crippen LogP contribution in [0.25, 0.3) is 0 Å². The third-order valence-electron chi connectivity index (χ3n) is 7.17. The fourth-order valence-corrected chi connectivity index (χ4v) is 6.39. The van der Waals surface area contributed by atoms with E-state index in [4.69, 9.17) is 4.74 Å². The zero-order chi connectivity index (χ0) is 23.5. The lowest BCUT2D eigenvalue weighted by Gasteiger charge is -2.50. The highest BCUT2D eigenvalue weighted by Crippen LogP contribution is 2.51. The smallest absolute Gasteiger partial charge is 0.257 e. The zero-order valence-corrected chi connectivity index (χ0v) is 21.4. The van der Waals surface area contributed by atoms with Crippen LogP contribution in [0.4, 0.5) is 0 Å². The number of carbonyl (C=O) groups is 1. The topological polar surface area (TPSA) is 41.6 Å². The van der Waals surface area contributed by atoms with Crippen molar-refractivity contribution >= 4 is 5.91 Å². The van der Waals surface area contributed by atoms with Gasteiger partial charge in [-0.2, -0.15) is 0 Å². The Morgan fingerprint density at radius 3 is 1.91 bits per heavy atom. The monoisotopic (exact) mass is 442 g/mol. The summed E-state index contributed by atoms with van der Waals surface area (Å²) in [5, 5.41) is 3.75. The molecule has 2 aliphatic heterocycles. The van der Waals surface area contributed by atoms with E-state index in [9.17, 15) is 4.79 Å². The molecule has 3 rings (SSSR count). The van der Waals surface area contributed by atoms with E-state index in [1.807, 2.05) is 6.07 Å². The maximum absolute atomic E-state index is 14.3. The predicted octanol–water partition coefficient (Wildman–Crippen LogP) is 6.58. The van der Waals surface area contributed by atoms with Gasteiger partial charge in [0.25, 0.3) is 5.91 Å². The Bertz CT molecular complexity index is 730. The molecule has 0 radical (unpaired) electrons. The van der Waals surface area contributed by atoms with Crippen LogP contribution in [0.2, 0.25) is 0 Å². The van der Waals surface area contributed by atoms with Crippen LogP contribution in [0.3, 0.4) is 0 Å². The van der Waals surface area contributed by atoms with E-state index in [0.29, 0.717) is 6.54 Å². The van der Waals surface area contributed by atoms with E-state index >= 15 is 0 Å². The van der Waals surface area contributed by atoms with E-state index in [1.54, 1.807) is 0 Å². The van der Waals surface area contributed by atoms with Gasteiger partial charge in [0.05, 0.1) is 0 Å². The first kappa shape index (κ1) is 25.2. The highest BCUT2D eigenvalue weighted by atomic mass is 16.6. The molecule has 32 heavy (non-hydrogen) atoms. The minimum absolute atomic E-state index is 0.154. The van der Waals surface area contributed by atoms with Crippen LogP contribution in [-0.2, 0) is 16.1 Å². The number of nitrogens with one attached hydrogen (secondary N) is 1. The molecule has 0 unspecified atom stereocenters. The van der Waals surface area contributed by atoms with E-state index in [1.165, 1.54) is 31.2 Å². The molecule has 2 fully saturated rings. The number of benzene rings is 1. The van der Waals surface area contributed by atoms with E-state index in [-0.39, 0.29) is 17.0 Å². The molecule has 1 spiro atoms. The molecule has 2 heterocycles.